The number of hydrogen-bond donors (Lipinski definition) is 2. The lowest BCUT2D eigenvalue weighted by molar-refractivity contribution is -0.385. The van der Waals surface area contributed by atoms with Crippen molar-refractivity contribution in [3.8, 4) is 0 Å². The first-order chi connectivity index (χ1) is 9.88. The number of nitro groups is 1. The van der Waals surface area contributed by atoms with Crippen LogP contribution in [0.25, 0.3) is 0 Å². The van der Waals surface area contributed by atoms with E-state index < -0.39 is 14.9 Å². The van der Waals surface area contributed by atoms with Gasteiger partial charge in [-0.2, -0.15) is 11.8 Å². The van der Waals surface area contributed by atoms with Crippen LogP contribution in [-0.2, 0) is 10.0 Å². The van der Waals surface area contributed by atoms with Crippen LogP contribution in [0.4, 0.5) is 11.4 Å². The maximum absolute atomic E-state index is 12.1. The van der Waals surface area contributed by atoms with Gasteiger partial charge in [-0.05, 0) is 30.9 Å². The standard InChI is InChI=1S/C12H19N3O4S2/c1-20-8-4-2-3-7-14-21(18,19)12-9-10(15(16)17)5-6-11(12)13/h5-6,9,14H,2-4,7-8,13H2,1H3. The van der Waals surface area contributed by atoms with Crippen molar-refractivity contribution >= 4 is 33.2 Å². The van der Waals surface area contributed by atoms with Crippen LogP contribution < -0.4 is 10.5 Å². The van der Waals surface area contributed by atoms with Crippen molar-refractivity contribution < 1.29 is 13.3 Å². The third kappa shape index (κ3) is 5.52. The van der Waals surface area contributed by atoms with Crippen LogP contribution in [0.5, 0.6) is 0 Å². The summed E-state index contributed by atoms with van der Waals surface area (Å²) in [5.74, 6) is 1.05. The van der Waals surface area contributed by atoms with Crippen LogP contribution in [0.1, 0.15) is 19.3 Å². The number of sulfonamides is 1. The van der Waals surface area contributed by atoms with E-state index in [1.807, 2.05) is 6.26 Å². The second-order valence-corrected chi connectivity index (χ2v) is 7.15. The summed E-state index contributed by atoms with van der Waals surface area (Å²) in [6, 6.07) is 3.38. The van der Waals surface area contributed by atoms with Crippen LogP contribution in [0.3, 0.4) is 0 Å². The summed E-state index contributed by atoms with van der Waals surface area (Å²) in [6.45, 7) is 0.291. The van der Waals surface area contributed by atoms with Crippen molar-refractivity contribution in [1.82, 2.24) is 4.72 Å². The molecule has 0 atom stereocenters. The molecule has 118 valence electrons. The fraction of sp³-hybridized carbons (Fsp3) is 0.500. The number of thioether (sulfide) groups is 1. The highest BCUT2D eigenvalue weighted by Crippen LogP contribution is 2.23. The van der Waals surface area contributed by atoms with Crippen molar-refractivity contribution in [3.63, 3.8) is 0 Å². The van der Waals surface area contributed by atoms with Crippen LogP contribution >= 0.6 is 11.8 Å². The molecule has 9 heteroatoms. The Morgan fingerprint density at radius 3 is 2.67 bits per heavy atom. The number of nitrogens with one attached hydrogen (secondary N) is 1. The molecule has 0 spiro atoms. The lowest BCUT2D eigenvalue weighted by atomic mass is 10.2. The van der Waals surface area contributed by atoms with Gasteiger partial charge in [-0.15, -0.1) is 0 Å². The lowest BCUT2D eigenvalue weighted by Crippen LogP contribution is -2.25. The topological polar surface area (TPSA) is 115 Å². The molecule has 0 aliphatic heterocycles. The molecule has 0 amide bonds. The number of hydrogen-bond acceptors (Lipinski definition) is 6. The first kappa shape index (κ1) is 17.7. The van der Waals surface area contributed by atoms with Gasteiger partial charge >= 0.3 is 0 Å². The van der Waals surface area contributed by atoms with Crippen LogP contribution in [0, 0.1) is 10.1 Å². The molecule has 0 saturated carbocycles. The van der Waals surface area contributed by atoms with Crippen molar-refractivity contribution in [3.05, 3.63) is 28.3 Å². The summed E-state index contributed by atoms with van der Waals surface area (Å²) in [5.41, 5.74) is 5.30. The zero-order chi connectivity index (χ0) is 15.9. The van der Waals surface area contributed by atoms with Crippen molar-refractivity contribution in [1.29, 1.82) is 0 Å². The largest absolute Gasteiger partial charge is 0.398 e. The van der Waals surface area contributed by atoms with Crippen LogP contribution in [-0.4, -0.2) is 31.9 Å². The van der Waals surface area contributed by atoms with Gasteiger partial charge < -0.3 is 5.73 Å². The number of nitrogen functional groups attached to an aromatic ring is 1. The third-order valence-electron chi connectivity index (χ3n) is 2.81. The van der Waals surface area contributed by atoms with E-state index in [4.69, 9.17) is 5.73 Å². The fourth-order valence-electron chi connectivity index (χ4n) is 1.70. The van der Waals surface area contributed by atoms with Gasteiger partial charge in [0.1, 0.15) is 4.90 Å². The summed E-state index contributed by atoms with van der Waals surface area (Å²) >= 11 is 1.75. The van der Waals surface area contributed by atoms with E-state index in [-0.39, 0.29) is 16.3 Å². The normalized spacial score (nSPS) is 11.5. The zero-order valence-corrected chi connectivity index (χ0v) is 13.4. The van der Waals surface area contributed by atoms with E-state index in [2.05, 4.69) is 4.72 Å². The van der Waals surface area contributed by atoms with E-state index >= 15 is 0 Å². The highest BCUT2D eigenvalue weighted by atomic mass is 32.2. The minimum atomic E-state index is -3.82. The minimum Gasteiger partial charge on any atom is -0.398 e. The Hall–Kier alpha value is -1.32. The van der Waals surface area contributed by atoms with E-state index in [0.29, 0.717) is 13.0 Å². The Balaban J connectivity index is 2.70. The molecule has 0 aromatic heterocycles. The highest BCUT2D eigenvalue weighted by molar-refractivity contribution is 7.98. The molecule has 0 aliphatic rings. The molecule has 3 N–H and O–H groups in total. The molecule has 1 rings (SSSR count). The first-order valence-electron chi connectivity index (χ1n) is 6.41. The molecule has 0 fully saturated rings. The van der Waals surface area contributed by atoms with Crippen molar-refractivity contribution in [2.75, 3.05) is 24.3 Å². The number of unbranched alkanes of at least 4 members (excludes halogenated alkanes) is 2. The van der Waals surface area contributed by atoms with Gasteiger partial charge in [0.05, 0.1) is 10.6 Å². The molecule has 7 nitrogen and oxygen atoms in total. The first-order valence-corrected chi connectivity index (χ1v) is 9.28. The Labute approximate surface area is 128 Å². The van der Waals surface area contributed by atoms with Crippen LogP contribution in [0.2, 0.25) is 0 Å². The summed E-state index contributed by atoms with van der Waals surface area (Å²) < 4.78 is 26.6. The van der Waals surface area contributed by atoms with Gasteiger partial charge in [0, 0.05) is 18.7 Å². The van der Waals surface area contributed by atoms with Gasteiger partial charge in [-0.1, -0.05) is 6.42 Å². The summed E-state index contributed by atoms with van der Waals surface area (Å²) in [5, 5.41) is 10.7. The highest BCUT2D eigenvalue weighted by Gasteiger charge is 2.20. The minimum absolute atomic E-state index is 0.00418. The van der Waals surface area contributed by atoms with E-state index in [1.165, 1.54) is 12.1 Å². The number of benzene rings is 1. The molecule has 1 aromatic rings. The molecular weight excluding hydrogens is 314 g/mol. The Kier molecular flexibility index (Phi) is 6.93. The second-order valence-electron chi connectivity index (χ2n) is 4.43. The Bertz CT molecular complexity index is 590. The van der Waals surface area contributed by atoms with E-state index in [9.17, 15) is 18.5 Å². The molecule has 0 heterocycles. The molecule has 0 radical (unpaired) electrons. The van der Waals surface area contributed by atoms with Gasteiger partial charge in [0.25, 0.3) is 5.69 Å². The fourth-order valence-corrected chi connectivity index (χ4v) is 3.42. The van der Waals surface area contributed by atoms with Gasteiger partial charge in [0.2, 0.25) is 10.0 Å². The monoisotopic (exact) mass is 333 g/mol. The Morgan fingerprint density at radius 2 is 2.05 bits per heavy atom. The number of non-ortho nitro benzene ring substituents is 1. The quantitative estimate of drug-likeness (QED) is 0.309. The van der Waals surface area contributed by atoms with Gasteiger partial charge in [-0.3, -0.25) is 10.1 Å². The number of nitrogens with two attached hydrogens (primary N) is 1. The molecular formula is C12H19N3O4S2. The molecule has 0 aliphatic carbocycles. The second kappa shape index (κ2) is 8.20. The molecule has 0 bridgehead atoms. The number of rotatable bonds is 9. The van der Waals surface area contributed by atoms with Crippen molar-refractivity contribution in [2.45, 2.75) is 24.2 Å². The van der Waals surface area contributed by atoms with Gasteiger partial charge in [0.15, 0.2) is 0 Å². The predicted molar refractivity (Wildman–Crippen MR) is 84.9 cm³/mol. The SMILES string of the molecule is CSCCCCCNS(=O)(=O)c1cc([N+](=O)[O-])ccc1N. The zero-order valence-electron chi connectivity index (χ0n) is 11.7. The summed E-state index contributed by atoms with van der Waals surface area (Å²) in [6.07, 6.45) is 4.69. The van der Waals surface area contributed by atoms with Gasteiger partial charge in [-0.25, -0.2) is 13.1 Å². The molecule has 21 heavy (non-hydrogen) atoms. The van der Waals surface area contributed by atoms with E-state index in [0.717, 1.165) is 24.7 Å². The maximum Gasteiger partial charge on any atom is 0.270 e. The molecule has 0 unspecified atom stereocenters. The maximum atomic E-state index is 12.1. The smallest absolute Gasteiger partial charge is 0.270 e. The van der Waals surface area contributed by atoms with E-state index in [1.54, 1.807) is 11.8 Å². The van der Waals surface area contributed by atoms with Crippen LogP contribution in [0.15, 0.2) is 23.1 Å². The number of anilines is 1. The summed E-state index contributed by atoms with van der Waals surface area (Å²) in [7, 11) is -3.82. The molecule has 1 aromatic carbocycles. The Morgan fingerprint density at radius 1 is 1.33 bits per heavy atom. The average Bonchev–Trinajstić information content (AvgIpc) is 2.42. The average molecular weight is 333 g/mol. The number of nitro benzene ring substituents is 1. The number of nitrogens with zero attached hydrogens (tertiary/aromatic N) is 1. The third-order valence-corrected chi connectivity index (χ3v) is 5.03. The molecule has 0 saturated heterocycles. The predicted octanol–water partition coefficient (Wildman–Crippen LogP) is 1.99. The van der Waals surface area contributed by atoms with Crippen molar-refractivity contribution in [2.24, 2.45) is 0 Å². The summed E-state index contributed by atoms with van der Waals surface area (Å²) in [4.78, 5) is 9.80. The lowest BCUT2D eigenvalue weighted by Gasteiger charge is -2.09.